The lowest BCUT2D eigenvalue weighted by Gasteiger charge is -2.05. The summed E-state index contributed by atoms with van der Waals surface area (Å²) in [7, 11) is 0. The lowest BCUT2D eigenvalue weighted by molar-refractivity contribution is 0.470. The number of aryl methyl sites for hydroxylation is 1. The Morgan fingerprint density at radius 1 is 1.16 bits per heavy atom. The summed E-state index contributed by atoms with van der Waals surface area (Å²) in [5.74, 6) is 0.223. The second kappa shape index (κ2) is 4.57. The zero-order valence-corrected chi connectivity index (χ0v) is 10.5. The van der Waals surface area contributed by atoms with Crippen LogP contribution >= 0.6 is 0 Å². The SMILES string of the molecule is Cc1ccc(-n2ccc(-c3cccnc3)n2)c(O)c1. The fraction of sp³-hybridized carbons (Fsp3) is 0.0667. The molecule has 4 heteroatoms. The highest BCUT2D eigenvalue weighted by atomic mass is 16.3. The third-order valence-corrected chi connectivity index (χ3v) is 2.92. The Labute approximate surface area is 111 Å². The number of hydrogen-bond acceptors (Lipinski definition) is 3. The second-order valence-corrected chi connectivity index (χ2v) is 4.38. The Hall–Kier alpha value is -2.62. The van der Waals surface area contributed by atoms with Gasteiger partial charge in [0.2, 0.25) is 0 Å². The van der Waals surface area contributed by atoms with Gasteiger partial charge in [-0.2, -0.15) is 5.10 Å². The minimum Gasteiger partial charge on any atom is -0.506 e. The molecular weight excluding hydrogens is 238 g/mol. The van der Waals surface area contributed by atoms with Crippen LogP contribution in [0, 0.1) is 6.92 Å². The van der Waals surface area contributed by atoms with E-state index >= 15 is 0 Å². The molecule has 19 heavy (non-hydrogen) atoms. The smallest absolute Gasteiger partial charge is 0.141 e. The van der Waals surface area contributed by atoms with Crippen LogP contribution in [0.5, 0.6) is 5.75 Å². The normalized spacial score (nSPS) is 10.6. The van der Waals surface area contributed by atoms with Crippen molar-refractivity contribution in [3.05, 3.63) is 60.6 Å². The van der Waals surface area contributed by atoms with Crippen LogP contribution < -0.4 is 0 Å². The molecule has 0 radical (unpaired) electrons. The molecule has 3 aromatic rings. The van der Waals surface area contributed by atoms with E-state index in [0.717, 1.165) is 16.8 Å². The van der Waals surface area contributed by atoms with Gasteiger partial charge in [-0.1, -0.05) is 6.07 Å². The first kappa shape index (κ1) is 11.5. The number of phenolic OH excluding ortho intramolecular Hbond substituents is 1. The summed E-state index contributed by atoms with van der Waals surface area (Å²) in [6, 6.07) is 11.2. The molecule has 2 aromatic heterocycles. The predicted molar refractivity (Wildman–Crippen MR) is 73.2 cm³/mol. The molecule has 0 bridgehead atoms. The van der Waals surface area contributed by atoms with Gasteiger partial charge in [0.05, 0.1) is 5.69 Å². The third kappa shape index (κ3) is 2.20. The molecule has 0 aliphatic rings. The molecule has 1 aromatic carbocycles. The second-order valence-electron chi connectivity index (χ2n) is 4.38. The number of hydrogen-bond donors (Lipinski definition) is 1. The van der Waals surface area contributed by atoms with Gasteiger partial charge in [0.15, 0.2) is 0 Å². The Bertz CT molecular complexity index is 704. The number of aromatic hydroxyl groups is 1. The predicted octanol–water partition coefficient (Wildman–Crippen LogP) is 2.95. The standard InChI is InChI=1S/C15H13N3O/c1-11-4-5-14(15(19)9-11)18-8-6-13(17-18)12-3-2-7-16-10-12/h2-10,19H,1H3. The Kier molecular flexibility index (Phi) is 2.76. The molecule has 0 fully saturated rings. The van der Waals surface area contributed by atoms with Crippen LogP contribution in [0.1, 0.15) is 5.56 Å². The van der Waals surface area contributed by atoms with E-state index < -0.39 is 0 Å². The highest BCUT2D eigenvalue weighted by molar-refractivity contribution is 5.58. The molecule has 2 heterocycles. The average Bonchev–Trinajstić information content (AvgIpc) is 2.89. The first-order chi connectivity index (χ1) is 9.24. The molecule has 4 nitrogen and oxygen atoms in total. The maximum Gasteiger partial charge on any atom is 0.141 e. The van der Waals surface area contributed by atoms with Crippen LogP contribution in [-0.4, -0.2) is 19.9 Å². The fourth-order valence-electron chi connectivity index (χ4n) is 1.95. The van der Waals surface area contributed by atoms with Gasteiger partial charge in [-0.05, 0) is 42.8 Å². The molecule has 0 unspecified atom stereocenters. The van der Waals surface area contributed by atoms with Gasteiger partial charge in [-0.15, -0.1) is 0 Å². The highest BCUT2D eigenvalue weighted by Gasteiger charge is 2.07. The van der Waals surface area contributed by atoms with Crippen LogP contribution in [-0.2, 0) is 0 Å². The van der Waals surface area contributed by atoms with Crippen molar-refractivity contribution in [1.29, 1.82) is 0 Å². The van der Waals surface area contributed by atoms with Gasteiger partial charge in [0.25, 0.3) is 0 Å². The molecule has 94 valence electrons. The minimum atomic E-state index is 0.223. The van der Waals surface area contributed by atoms with Gasteiger partial charge >= 0.3 is 0 Å². The van der Waals surface area contributed by atoms with Crippen molar-refractivity contribution in [1.82, 2.24) is 14.8 Å². The van der Waals surface area contributed by atoms with Gasteiger partial charge < -0.3 is 5.11 Å². The molecule has 0 atom stereocenters. The van der Waals surface area contributed by atoms with Crippen molar-refractivity contribution in [3.8, 4) is 22.7 Å². The number of nitrogens with zero attached hydrogens (tertiary/aromatic N) is 3. The first-order valence-corrected chi connectivity index (χ1v) is 6.00. The van der Waals surface area contributed by atoms with Crippen molar-refractivity contribution in [3.63, 3.8) is 0 Å². The first-order valence-electron chi connectivity index (χ1n) is 6.00. The number of benzene rings is 1. The summed E-state index contributed by atoms with van der Waals surface area (Å²) in [5, 5.41) is 14.4. The number of aromatic nitrogens is 3. The average molecular weight is 251 g/mol. The van der Waals surface area contributed by atoms with Gasteiger partial charge in [0, 0.05) is 24.2 Å². The summed E-state index contributed by atoms with van der Waals surface area (Å²) in [6.07, 6.45) is 5.32. The van der Waals surface area contributed by atoms with E-state index in [1.807, 2.05) is 43.5 Å². The molecular formula is C15H13N3O. The van der Waals surface area contributed by atoms with Crippen LogP contribution in [0.15, 0.2) is 55.0 Å². The highest BCUT2D eigenvalue weighted by Crippen LogP contribution is 2.24. The molecule has 1 N–H and O–H groups in total. The minimum absolute atomic E-state index is 0.223. The van der Waals surface area contributed by atoms with Crippen molar-refractivity contribution in [2.75, 3.05) is 0 Å². The molecule has 0 spiro atoms. The van der Waals surface area contributed by atoms with Crippen LogP contribution in [0.3, 0.4) is 0 Å². The zero-order chi connectivity index (χ0) is 13.2. The monoisotopic (exact) mass is 251 g/mol. The van der Waals surface area contributed by atoms with Gasteiger partial charge in [-0.3, -0.25) is 4.98 Å². The van der Waals surface area contributed by atoms with Gasteiger partial charge in [0.1, 0.15) is 11.4 Å². The van der Waals surface area contributed by atoms with Crippen LogP contribution in [0.2, 0.25) is 0 Å². The molecule has 0 saturated carbocycles. The van der Waals surface area contributed by atoms with Crippen molar-refractivity contribution in [2.45, 2.75) is 6.92 Å². The zero-order valence-electron chi connectivity index (χ0n) is 10.5. The molecule has 0 amide bonds. The number of rotatable bonds is 2. The quantitative estimate of drug-likeness (QED) is 0.761. The maximum atomic E-state index is 9.95. The van der Waals surface area contributed by atoms with E-state index in [4.69, 9.17) is 0 Å². The number of phenols is 1. The summed E-state index contributed by atoms with van der Waals surface area (Å²) in [4.78, 5) is 4.07. The topological polar surface area (TPSA) is 50.9 Å². The molecule has 0 aliphatic carbocycles. The van der Waals surface area contributed by atoms with Crippen molar-refractivity contribution in [2.24, 2.45) is 0 Å². The summed E-state index contributed by atoms with van der Waals surface area (Å²) in [5.41, 5.74) is 3.46. The summed E-state index contributed by atoms with van der Waals surface area (Å²) >= 11 is 0. The summed E-state index contributed by atoms with van der Waals surface area (Å²) in [6.45, 7) is 1.94. The Balaban J connectivity index is 2.02. The van der Waals surface area contributed by atoms with E-state index in [-0.39, 0.29) is 5.75 Å². The maximum absolute atomic E-state index is 9.95. The third-order valence-electron chi connectivity index (χ3n) is 2.92. The number of pyridine rings is 1. The molecule has 3 rings (SSSR count). The van der Waals surface area contributed by atoms with Crippen molar-refractivity contribution < 1.29 is 5.11 Å². The lowest BCUT2D eigenvalue weighted by Crippen LogP contribution is -1.95. The van der Waals surface area contributed by atoms with E-state index in [2.05, 4.69) is 10.1 Å². The fourth-order valence-corrected chi connectivity index (χ4v) is 1.95. The van der Waals surface area contributed by atoms with Crippen molar-refractivity contribution >= 4 is 0 Å². The van der Waals surface area contributed by atoms with Gasteiger partial charge in [-0.25, -0.2) is 4.68 Å². The van der Waals surface area contributed by atoms with E-state index in [0.29, 0.717) is 5.69 Å². The van der Waals surface area contributed by atoms with Crippen LogP contribution in [0.25, 0.3) is 16.9 Å². The Morgan fingerprint density at radius 2 is 2.05 bits per heavy atom. The lowest BCUT2D eigenvalue weighted by atomic mass is 10.2. The molecule has 0 saturated heterocycles. The molecule has 0 aliphatic heterocycles. The summed E-state index contributed by atoms with van der Waals surface area (Å²) < 4.78 is 1.66. The Morgan fingerprint density at radius 3 is 2.79 bits per heavy atom. The largest absolute Gasteiger partial charge is 0.506 e. The van der Waals surface area contributed by atoms with Crippen LogP contribution in [0.4, 0.5) is 0 Å². The van der Waals surface area contributed by atoms with E-state index in [1.165, 1.54) is 0 Å². The van der Waals surface area contributed by atoms with E-state index in [9.17, 15) is 5.11 Å². The van der Waals surface area contributed by atoms with E-state index in [1.54, 1.807) is 23.1 Å².